The van der Waals surface area contributed by atoms with Crippen LogP contribution < -0.4 is 14.8 Å². The molecule has 9 nitrogen and oxygen atoms in total. The van der Waals surface area contributed by atoms with Gasteiger partial charge in [-0.2, -0.15) is 0 Å². The number of hydrogen-bond donors (Lipinski definition) is 2. The smallest absolute Gasteiger partial charge is 0.411 e. The van der Waals surface area contributed by atoms with Gasteiger partial charge in [-0.1, -0.05) is 49.1 Å². The summed E-state index contributed by atoms with van der Waals surface area (Å²) in [5.41, 5.74) is 5.73. The lowest BCUT2D eigenvalue weighted by molar-refractivity contribution is -0.253. The van der Waals surface area contributed by atoms with E-state index in [0.29, 0.717) is 12.1 Å². The monoisotopic (exact) mass is 574 g/mol. The number of hydrogen-bond acceptors (Lipinski definition) is 8. The van der Waals surface area contributed by atoms with Gasteiger partial charge in [-0.3, -0.25) is 10.2 Å². The number of amides is 1. The zero-order chi connectivity index (χ0) is 29.5. The highest BCUT2D eigenvalue weighted by Crippen LogP contribution is 2.39. The van der Waals surface area contributed by atoms with Crippen LogP contribution >= 0.6 is 0 Å². The number of rotatable bonds is 10. The molecule has 0 bridgehead atoms. The van der Waals surface area contributed by atoms with Gasteiger partial charge in [0.25, 0.3) is 0 Å². The SMILES string of the molecule is C=CCOC(=O)Nc1cccc(C2OC(CN3CCc4cc(OC)c(OC)cc4C3)CC(c3ccc(CO)cc3)O2)c1. The summed E-state index contributed by atoms with van der Waals surface area (Å²) in [5.74, 6) is 1.48. The number of anilines is 1. The first-order valence-electron chi connectivity index (χ1n) is 14.1. The third-order valence-corrected chi connectivity index (χ3v) is 7.61. The molecule has 3 aromatic rings. The summed E-state index contributed by atoms with van der Waals surface area (Å²) in [4.78, 5) is 14.5. The Bertz CT molecular complexity index is 1380. The lowest BCUT2D eigenvalue weighted by Gasteiger charge is -2.39. The molecule has 2 N–H and O–H groups in total. The van der Waals surface area contributed by atoms with E-state index in [1.165, 1.54) is 17.2 Å². The Balaban J connectivity index is 1.35. The number of fused-ring (bicyclic) bond motifs is 1. The van der Waals surface area contributed by atoms with Crippen molar-refractivity contribution >= 4 is 11.8 Å². The fraction of sp³-hybridized carbons (Fsp3) is 0.364. The summed E-state index contributed by atoms with van der Waals surface area (Å²) in [6, 6.07) is 19.4. The van der Waals surface area contributed by atoms with Crippen LogP contribution in [-0.2, 0) is 33.8 Å². The Morgan fingerprint density at radius 2 is 1.81 bits per heavy atom. The normalized spacial score (nSPS) is 20.3. The molecule has 1 amide bonds. The van der Waals surface area contributed by atoms with Crippen LogP contribution in [0.15, 0.2) is 73.3 Å². The van der Waals surface area contributed by atoms with Gasteiger partial charge in [0.15, 0.2) is 17.8 Å². The van der Waals surface area contributed by atoms with Crippen molar-refractivity contribution in [3.05, 3.63) is 101 Å². The Morgan fingerprint density at radius 3 is 2.52 bits per heavy atom. The van der Waals surface area contributed by atoms with E-state index in [1.54, 1.807) is 20.3 Å². The highest BCUT2D eigenvalue weighted by molar-refractivity contribution is 5.84. The second-order valence-electron chi connectivity index (χ2n) is 10.4. The lowest BCUT2D eigenvalue weighted by atomic mass is 9.97. The van der Waals surface area contributed by atoms with E-state index in [0.717, 1.165) is 54.2 Å². The maximum Gasteiger partial charge on any atom is 0.411 e. The van der Waals surface area contributed by atoms with Crippen molar-refractivity contribution in [1.29, 1.82) is 0 Å². The van der Waals surface area contributed by atoms with Gasteiger partial charge in [0.05, 0.1) is 33.0 Å². The quantitative estimate of drug-likeness (QED) is 0.305. The van der Waals surface area contributed by atoms with Crippen molar-refractivity contribution in [2.24, 2.45) is 0 Å². The standard InChI is InChI=1S/C33H38N2O7/c1-4-14-40-33(37)34-27-7-5-6-25(15-27)32-41-28(18-29(42-32)23-10-8-22(21-36)9-11-23)20-35-13-12-24-16-30(38-2)31(39-3)17-26(24)19-35/h4-11,15-17,28-29,32,36H,1,12-14,18-21H2,2-3H3,(H,34,37). The van der Waals surface area contributed by atoms with Gasteiger partial charge in [-0.25, -0.2) is 4.79 Å². The third-order valence-electron chi connectivity index (χ3n) is 7.61. The molecule has 0 radical (unpaired) electrons. The molecule has 0 spiro atoms. The number of aliphatic hydroxyl groups is 1. The molecule has 2 aliphatic heterocycles. The minimum Gasteiger partial charge on any atom is -0.493 e. The van der Waals surface area contributed by atoms with E-state index in [9.17, 15) is 9.90 Å². The minimum absolute atomic E-state index is 0.0116. The zero-order valence-electron chi connectivity index (χ0n) is 24.1. The number of ether oxygens (including phenoxy) is 5. The topological polar surface area (TPSA) is 98.7 Å². The molecule has 3 unspecified atom stereocenters. The fourth-order valence-electron chi connectivity index (χ4n) is 5.47. The second-order valence-corrected chi connectivity index (χ2v) is 10.4. The largest absolute Gasteiger partial charge is 0.493 e. The van der Waals surface area contributed by atoms with E-state index in [1.807, 2.05) is 42.5 Å². The van der Waals surface area contributed by atoms with Gasteiger partial charge < -0.3 is 28.8 Å². The molecule has 1 fully saturated rings. The highest BCUT2D eigenvalue weighted by Gasteiger charge is 2.34. The molecule has 3 aromatic carbocycles. The molecule has 2 aliphatic rings. The number of benzene rings is 3. The summed E-state index contributed by atoms with van der Waals surface area (Å²) < 4.78 is 29.2. The summed E-state index contributed by atoms with van der Waals surface area (Å²) in [6.45, 7) is 6.09. The van der Waals surface area contributed by atoms with Crippen LogP contribution in [0.5, 0.6) is 11.5 Å². The van der Waals surface area contributed by atoms with Crippen LogP contribution in [0.2, 0.25) is 0 Å². The van der Waals surface area contributed by atoms with Gasteiger partial charge >= 0.3 is 6.09 Å². The maximum atomic E-state index is 12.1. The maximum absolute atomic E-state index is 12.1. The molecule has 2 heterocycles. The van der Waals surface area contributed by atoms with Gasteiger partial charge in [-0.15, -0.1) is 0 Å². The van der Waals surface area contributed by atoms with E-state index in [4.69, 9.17) is 23.7 Å². The first-order valence-corrected chi connectivity index (χ1v) is 14.1. The van der Waals surface area contributed by atoms with Crippen LogP contribution in [0.4, 0.5) is 10.5 Å². The van der Waals surface area contributed by atoms with Crippen molar-refractivity contribution in [2.75, 3.05) is 39.2 Å². The Morgan fingerprint density at radius 1 is 1.05 bits per heavy atom. The van der Waals surface area contributed by atoms with E-state index in [2.05, 4.69) is 28.9 Å². The third kappa shape index (κ3) is 7.11. The number of carbonyl (C=O) groups is 1. The molecule has 9 heteroatoms. The van der Waals surface area contributed by atoms with Crippen molar-refractivity contribution in [1.82, 2.24) is 4.90 Å². The molecular formula is C33H38N2O7. The van der Waals surface area contributed by atoms with Gasteiger partial charge in [-0.05, 0) is 52.9 Å². The van der Waals surface area contributed by atoms with Gasteiger partial charge in [0.2, 0.25) is 0 Å². The van der Waals surface area contributed by atoms with Crippen LogP contribution in [0.3, 0.4) is 0 Å². The first kappa shape index (κ1) is 29.6. The molecule has 0 saturated carbocycles. The number of methoxy groups -OCH3 is 2. The second kappa shape index (κ2) is 13.8. The van der Waals surface area contributed by atoms with Crippen LogP contribution in [0, 0.1) is 0 Å². The summed E-state index contributed by atoms with van der Waals surface area (Å²) in [5, 5.41) is 12.3. The van der Waals surface area contributed by atoms with E-state index < -0.39 is 12.4 Å². The molecule has 5 rings (SSSR count). The Hall–Kier alpha value is -3.89. The molecule has 3 atom stereocenters. The van der Waals surface area contributed by atoms with Crippen LogP contribution in [0.25, 0.3) is 0 Å². The predicted molar refractivity (Wildman–Crippen MR) is 159 cm³/mol. The van der Waals surface area contributed by atoms with E-state index in [-0.39, 0.29) is 25.4 Å². The van der Waals surface area contributed by atoms with Crippen LogP contribution in [-0.4, -0.2) is 56.1 Å². The Labute approximate surface area is 246 Å². The predicted octanol–water partition coefficient (Wildman–Crippen LogP) is 5.53. The molecule has 42 heavy (non-hydrogen) atoms. The molecule has 0 aromatic heterocycles. The molecule has 1 saturated heterocycles. The number of nitrogens with zero attached hydrogens (tertiary/aromatic N) is 1. The number of nitrogens with one attached hydrogen (secondary N) is 1. The van der Waals surface area contributed by atoms with Crippen LogP contribution in [0.1, 0.15) is 46.6 Å². The lowest BCUT2D eigenvalue weighted by Crippen LogP contribution is -2.41. The number of aliphatic hydroxyl groups excluding tert-OH is 1. The average molecular weight is 575 g/mol. The van der Waals surface area contributed by atoms with E-state index >= 15 is 0 Å². The highest BCUT2D eigenvalue weighted by atomic mass is 16.7. The Kier molecular flexibility index (Phi) is 9.76. The summed E-state index contributed by atoms with van der Waals surface area (Å²) in [7, 11) is 3.31. The average Bonchev–Trinajstić information content (AvgIpc) is 3.03. The van der Waals surface area contributed by atoms with Gasteiger partial charge in [0, 0.05) is 37.3 Å². The fourth-order valence-corrected chi connectivity index (χ4v) is 5.47. The van der Waals surface area contributed by atoms with Crippen molar-refractivity contribution in [3.8, 4) is 11.5 Å². The molecule has 222 valence electrons. The van der Waals surface area contributed by atoms with Crippen molar-refractivity contribution in [2.45, 2.75) is 44.5 Å². The number of carbonyl (C=O) groups excluding carboxylic acids is 1. The summed E-state index contributed by atoms with van der Waals surface area (Å²) >= 11 is 0. The van der Waals surface area contributed by atoms with Gasteiger partial charge in [0.1, 0.15) is 6.61 Å². The molecular weight excluding hydrogens is 536 g/mol. The summed E-state index contributed by atoms with van der Waals surface area (Å²) in [6.07, 6.45) is 1.58. The first-order chi connectivity index (χ1) is 20.5. The minimum atomic E-state index is -0.640. The molecule has 0 aliphatic carbocycles. The van der Waals surface area contributed by atoms with Crippen molar-refractivity contribution in [3.63, 3.8) is 0 Å². The van der Waals surface area contributed by atoms with Crippen molar-refractivity contribution < 1.29 is 33.6 Å². The zero-order valence-corrected chi connectivity index (χ0v) is 24.1.